The highest BCUT2D eigenvalue weighted by atomic mass is 16.5. The van der Waals surface area contributed by atoms with Crippen LogP contribution in [0.15, 0.2) is 18.2 Å². The van der Waals surface area contributed by atoms with Crippen LogP contribution >= 0.6 is 0 Å². The molecule has 1 N–H and O–H groups in total. The number of Topliss-reactive ketones (excluding diaryl/α,β-unsaturated/α-hetero) is 1. The minimum Gasteiger partial charge on any atom is -0.504 e. The summed E-state index contributed by atoms with van der Waals surface area (Å²) in [7, 11) is 1.52. The first-order valence-corrected chi connectivity index (χ1v) is 10.3. The van der Waals surface area contributed by atoms with Gasteiger partial charge in [0, 0.05) is 19.8 Å². The number of methoxy groups -OCH3 is 1. The summed E-state index contributed by atoms with van der Waals surface area (Å²) in [4.78, 5) is 24.2. The van der Waals surface area contributed by atoms with E-state index in [0.717, 1.165) is 37.7 Å². The van der Waals surface area contributed by atoms with Crippen LogP contribution in [0.3, 0.4) is 0 Å². The van der Waals surface area contributed by atoms with Crippen molar-refractivity contribution in [2.75, 3.05) is 7.11 Å². The van der Waals surface area contributed by atoms with Crippen molar-refractivity contribution in [2.24, 2.45) is 5.92 Å². The van der Waals surface area contributed by atoms with E-state index >= 15 is 0 Å². The summed E-state index contributed by atoms with van der Waals surface area (Å²) in [6.07, 6.45) is 4.98. The fourth-order valence-corrected chi connectivity index (χ4v) is 3.53. The number of carbonyl (C=O) groups is 2. The Labute approximate surface area is 169 Å². The molecular weight excluding hydrogens is 356 g/mol. The molecule has 2 atom stereocenters. The van der Waals surface area contributed by atoms with Gasteiger partial charge in [0.25, 0.3) is 0 Å². The van der Waals surface area contributed by atoms with Crippen molar-refractivity contribution in [3.8, 4) is 11.5 Å². The van der Waals surface area contributed by atoms with Crippen LogP contribution in [-0.4, -0.2) is 30.1 Å². The van der Waals surface area contributed by atoms with Crippen LogP contribution in [-0.2, 0) is 14.3 Å². The van der Waals surface area contributed by atoms with Gasteiger partial charge in [-0.05, 0) is 48.8 Å². The lowest BCUT2D eigenvalue weighted by molar-refractivity contribution is -0.148. The second-order valence-electron chi connectivity index (χ2n) is 7.93. The van der Waals surface area contributed by atoms with E-state index < -0.39 is 0 Å². The van der Waals surface area contributed by atoms with Gasteiger partial charge in [0.05, 0.1) is 7.11 Å². The summed E-state index contributed by atoms with van der Waals surface area (Å²) < 4.78 is 10.6. The van der Waals surface area contributed by atoms with Crippen molar-refractivity contribution in [3.05, 3.63) is 23.8 Å². The number of carbonyl (C=O) groups excluding carboxylic acids is 2. The maximum absolute atomic E-state index is 12.8. The number of ether oxygens (including phenoxy) is 2. The lowest BCUT2D eigenvalue weighted by atomic mass is 9.85. The summed E-state index contributed by atoms with van der Waals surface area (Å²) >= 11 is 0. The number of benzene rings is 1. The smallest absolute Gasteiger partial charge is 0.302 e. The fraction of sp³-hybridized carbons (Fsp3) is 0.652. The number of hydrogen-bond acceptors (Lipinski definition) is 5. The van der Waals surface area contributed by atoms with Crippen LogP contribution in [0.5, 0.6) is 11.5 Å². The summed E-state index contributed by atoms with van der Waals surface area (Å²) in [5.74, 6) is 0.724. The quantitative estimate of drug-likeness (QED) is 0.360. The van der Waals surface area contributed by atoms with E-state index in [1.807, 2.05) is 6.07 Å². The zero-order chi connectivity index (χ0) is 21.1. The van der Waals surface area contributed by atoms with Crippen LogP contribution in [0, 0.1) is 5.92 Å². The monoisotopic (exact) mass is 392 g/mol. The predicted octanol–water partition coefficient (Wildman–Crippen LogP) is 5.39. The topological polar surface area (TPSA) is 72.8 Å². The summed E-state index contributed by atoms with van der Waals surface area (Å²) in [5, 5.41) is 9.85. The number of phenols is 1. The van der Waals surface area contributed by atoms with Gasteiger partial charge in [0.15, 0.2) is 11.5 Å². The molecule has 0 bridgehead atoms. The maximum Gasteiger partial charge on any atom is 0.302 e. The van der Waals surface area contributed by atoms with Crippen LogP contribution in [0.1, 0.15) is 84.1 Å². The van der Waals surface area contributed by atoms with Gasteiger partial charge in [0.1, 0.15) is 11.9 Å². The number of hydrogen-bond donors (Lipinski definition) is 1. The molecule has 0 amide bonds. The van der Waals surface area contributed by atoms with Crippen LogP contribution in [0.25, 0.3) is 0 Å². The molecule has 5 heteroatoms. The Balaban J connectivity index is 2.86. The molecule has 0 saturated carbocycles. The number of rotatable bonds is 13. The largest absolute Gasteiger partial charge is 0.504 e. The minimum atomic E-state index is -0.342. The van der Waals surface area contributed by atoms with Gasteiger partial charge in [-0.2, -0.15) is 0 Å². The second-order valence-corrected chi connectivity index (χ2v) is 7.93. The molecule has 0 fully saturated rings. The van der Waals surface area contributed by atoms with E-state index in [9.17, 15) is 14.7 Å². The molecule has 28 heavy (non-hydrogen) atoms. The van der Waals surface area contributed by atoms with Crippen molar-refractivity contribution >= 4 is 11.8 Å². The highest BCUT2D eigenvalue weighted by Gasteiger charge is 2.22. The van der Waals surface area contributed by atoms with Crippen molar-refractivity contribution in [2.45, 2.75) is 84.7 Å². The maximum atomic E-state index is 12.8. The Morgan fingerprint density at radius 1 is 1.14 bits per heavy atom. The molecule has 0 aromatic heterocycles. The molecule has 1 rings (SSSR count). The third-order valence-electron chi connectivity index (χ3n) is 4.82. The number of phenolic OH excluding ortho intramolecular Hbond substituents is 1. The molecule has 0 aliphatic heterocycles. The number of unbranched alkanes of at least 4 members (excludes halogenated alkanes) is 2. The van der Waals surface area contributed by atoms with Gasteiger partial charge < -0.3 is 14.6 Å². The Kier molecular flexibility index (Phi) is 10.6. The molecule has 0 aliphatic carbocycles. The van der Waals surface area contributed by atoms with Gasteiger partial charge >= 0.3 is 5.97 Å². The number of esters is 1. The molecule has 0 aliphatic rings. The summed E-state index contributed by atoms with van der Waals surface area (Å²) in [5.41, 5.74) is 0.978. The first-order valence-electron chi connectivity index (χ1n) is 10.3. The zero-order valence-corrected chi connectivity index (χ0v) is 18.0. The van der Waals surface area contributed by atoms with Crippen molar-refractivity contribution in [1.29, 1.82) is 0 Å². The van der Waals surface area contributed by atoms with Gasteiger partial charge in [0.2, 0.25) is 0 Å². The predicted molar refractivity (Wildman–Crippen MR) is 111 cm³/mol. The summed E-state index contributed by atoms with van der Waals surface area (Å²) in [6.45, 7) is 7.76. The standard InChI is InChI=1S/C23H36O5/c1-6-7-8-9-21(28-17(4)24)15-20(25)13-19(12-16(2)3)18-10-11-22(26)23(14-18)27-5/h10-11,14,16,19,21,26H,6-9,12-13,15H2,1-5H3. The van der Waals surface area contributed by atoms with Gasteiger partial charge in [-0.15, -0.1) is 0 Å². The molecule has 0 radical (unpaired) electrons. The molecule has 0 saturated heterocycles. The van der Waals surface area contributed by atoms with Crippen molar-refractivity contribution in [1.82, 2.24) is 0 Å². The van der Waals surface area contributed by atoms with Crippen LogP contribution in [0.2, 0.25) is 0 Å². The van der Waals surface area contributed by atoms with Crippen LogP contribution < -0.4 is 4.74 Å². The molecule has 1 aromatic rings. The van der Waals surface area contributed by atoms with Crippen molar-refractivity contribution < 1.29 is 24.2 Å². The SMILES string of the molecule is CCCCCC(CC(=O)CC(CC(C)C)c1ccc(O)c(OC)c1)OC(C)=O. The molecule has 0 spiro atoms. The first kappa shape index (κ1) is 24.0. The lowest BCUT2D eigenvalue weighted by Gasteiger charge is -2.22. The van der Waals surface area contributed by atoms with E-state index in [0.29, 0.717) is 18.1 Å². The molecule has 2 unspecified atom stereocenters. The first-order chi connectivity index (χ1) is 13.3. The average molecular weight is 393 g/mol. The normalized spacial score (nSPS) is 13.2. The Morgan fingerprint density at radius 3 is 2.43 bits per heavy atom. The number of aromatic hydroxyl groups is 1. The Hall–Kier alpha value is -2.04. The van der Waals surface area contributed by atoms with Crippen molar-refractivity contribution in [3.63, 3.8) is 0 Å². The van der Waals surface area contributed by atoms with E-state index in [2.05, 4.69) is 20.8 Å². The highest BCUT2D eigenvalue weighted by Crippen LogP contribution is 2.34. The fourth-order valence-electron chi connectivity index (χ4n) is 3.53. The van der Waals surface area contributed by atoms with E-state index in [1.54, 1.807) is 12.1 Å². The Morgan fingerprint density at radius 2 is 1.86 bits per heavy atom. The average Bonchev–Trinajstić information content (AvgIpc) is 2.60. The second kappa shape index (κ2) is 12.4. The van der Waals surface area contributed by atoms with Gasteiger partial charge in [-0.25, -0.2) is 0 Å². The van der Waals surface area contributed by atoms with E-state index in [1.165, 1.54) is 14.0 Å². The Bertz CT molecular complexity index is 623. The highest BCUT2D eigenvalue weighted by molar-refractivity contribution is 5.80. The van der Waals surface area contributed by atoms with Gasteiger partial charge in [-0.1, -0.05) is 39.7 Å². The molecule has 5 nitrogen and oxygen atoms in total. The molecule has 0 heterocycles. The molecule has 158 valence electrons. The van der Waals surface area contributed by atoms with Crippen LogP contribution in [0.4, 0.5) is 0 Å². The number of ketones is 1. The third-order valence-corrected chi connectivity index (χ3v) is 4.82. The molecule has 1 aromatic carbocycles. The summed E-state index contributed by atoms with van der Waals surface area (Å²) in [6, 6.07) is 5.27. The zero-order valence-electron chi connectivity index (χ0n) is 18.0. The third kappa shape index (κ3) is 8.77. The lowest BCUT2D eigenvalue weighted by Crippen LogP contribution is -2.22. The molecular formula is C23H36O5. The van der Waals surface area contributed by atoms with E-state index in [4.69, 9.17) is 9.47 Å². The van der Waals surface area contributed by atoms with Gasteiger partial charge in [-0.3, -0.25) is 9.59 Å². The van der Waals surface area contributed by atoms with E-state index in [-0.39, 0.29) is 35.9 Å². The minimum absolute atomic E-state index is 0.0376.